The summed E-state index contributed by atoms with van der Waals surface area (Å²) in [4.78, 5) is 2.02. The van der Waals surface area contributed by atoms with Gasteiger partial charge in [0.2, 0.25) is 0 Å². The number of rotatable bonds is 11. The molecule has 0 atom stereocenters. The third-order valence-electron chi connectivity index (χ3n) is 3.51. The van der Waals surface area contributed by atoms with Crippen molar-refractivity contribution in [2.75, 3.05) is 29.5 Å². The average molecular weight is 423 g/mol. The van der Waals surface area contributed by atoms with E-state index in [1.807, 2.05) is 36.1 Å². The van der Waals surface area contributed by atoms with Gasteiger partial charge in [0.05, 0.1) is 20.2 Å². The van der Waals surface area contributed by atoms with Gasteiger partial charge in [-0.3, -0.25) is 0 Å². The van der Waals surface area contributed by atoms with Gasteiger partial charge < -0.3 is 14.0 Å². The Morgan fingerprint density at radius 1 is 0.846 bits per heavy atom. The SMILES string of the molecule is Cc1cccc(N(CCCCS(=O)(=O)[O-])CCCCS(=O)(=O)[O-])c1.[Na+].[Na+]. The van der Waals surface area contributed by atoms with E-state index in [1.54, 1.807) is 0 Å². The van der Waals surface area contributed by atoms with Gasteiger partial charge in [0.15, 0.2) is 0 Å². The second-order valence-corrected chi connectivity index (χ2v) is 8.81. The first-order valence-electron chi connectivity index (χ1n) is 7.75. The normalized spacial score (nSPS) is 11.3. The molecule has 0 amide bonds. The first-order valence-corrected chi connectivity index (χ1v) is 10.9. The second-order valence-electron chi connectivity index (χ2n) is 5.76. The molecule has 1 aromatic rings. The molecule has 0 spiro atoms. The summed E-state index contributed by atoms with van der Waals surface area (Å²) in [7, 11) is -8.40. The van der Waals surface area contributed by atoms with Crippen LogP contribution in [0.1, 0.15) is 31.2 Å². The van der Waals surface area contributed by atoms with Crippen LogP contribution < -0.4 is 64.0 Å². The van der Waals surface area contributed by atoms with Crippen LogP contribution in [-0.4, -0.2) is 50.5 Å². The minimum Gasteiger partial charge on any atom is -0.748 e. The Morgan fingerprint density at radius 3 is 1.69 bits per heavy atom. The molecule has 26 heavy (non-hydrogen) atoms. The van der Waals surface area contributed by atoms with Gasteiger partial charge in [-0.1, -0.05) is 12.1 Å². The van der Waals surface area contributed by atoms with Crippen LogP contribution in [0.2, 0.25) is 0 Å². The summed E-state index contributed by atoms with van der Waals surface area (Å²) in [6, 6.07) is 7.76. The number of benzene rings is 1. The van der Waals surface area contributed by atoms with Crippen LogP contribution in [0.25, 0.3) is 0 Å². The van der Waals surface area contributed by atoms with Crippen molar-refractivity contribution in [3.8, 4) is 0 Å². The molecule has 0 saturated heterocycles. The van der Waals surface area contributed by atoms with Crippen molar-refractivity contribution in [2.45, 2.75) is 32.6 Å². The summed E-state index contributed by atoms with van der Waals surface area (Å²) in [6.07, 6.45) is 1.64. The fraction of sp³-hybridized carbons (Fsp3) is 0.600. The summed E-state index contributed by atoms with van der Waals surface area (Å²) >= 11 is 0. The summed E-state index contributed by atoms with van der Waals surface area (Å²) in [6.45, 7) is 3.07. The zero-order valence-corrected chi connectivity index (χ0v) is 21.3. The molecule has 0 N–H and O–H groups in total. The van der Waals surface area contributed by atoms with Crippen LogP contribution in [0.3, 0.4) is 0 Å². The molecule has 138 valence electrons. The second kappa shape index (κ2) is 13.9. The van der Waals surface area contributed by atoms with Crippen molar-refractivity contribution in [1.29, 1.82) is 0 Å². The van der Waals surface area contributed by atoms with Gasteiger partial charge in [-0.05, 0) is 50.3 Å². The molecule has 0 aliphatic rings. The van der Waals surface area contributed by atoms with E-state index in [1.165, 1.54) is 0 Å². The van der Waals surface area contributed by atoms with Crippen LogP contribution in [0, 0.1) is 6.92 Å². The topological polar surface area (TPSA) is 118 Å². The molecule has 11 heteroatoms. The largest absolute Gasteiger partial charge is 1.00 e. The first kappa shape index (κ1) is 29.0. The quantitative estimate of drug-likeness (QED) is 0.200. The van der Waals surface area contributed by atoms with Gasteiger partial charge in [0, 0.05) is 30.3 Å². The smallest absolute Gasteiger partial charge is 0.748 e. The van der Waals surface area contributed by atoms with Crippen LogP contribution in [0.4, 0.5) is 5.69 Å². The Balaban J connectivity index is 0. The van der Waals surface area contributed by atoms with Crippen molar-refractivity contribution in [1.82, 2.24) is 0 Å². The molecule has 0 radical (unpaired) electrons. The Morgan fingerprint density at radius 2 is 1.31 bits per heavy atom. The van der Waals surface area contributed by atoms with Crippen LogP contribution >= 0.6 is 0 Å². The van der Waals surface area contributed by atoms with E-state index in [4.69, 9.17) is 0 Å². The number of unbranched alkanes of at least 4 members (excludes halogenated alkanes) is 2. The zero-order valence-electron chi connectivity index (χ0n) is 15.7. The van der Waals surface area contributed by atoms with Crippen molar-refractivity contribution in [3.05, 3.63) is 29.8 Å². The summed E-state index contributed by atoms with van der Waals surface area (Å²) in [5.74, 6) is -0.772. The maximum absolute atomic E-state index is 10.6. The first-order chi connectivity index (χ1) is 11.1. The molecule has 7 nitrogen and oxygen atoms in total. The van der Waals surface area contributed by atoms with Crippen molar-refractivity contribution in [3.63, 3.8) is 0 Å². The number of hydrogen-bond donors (Lipinski definition) is 0. The van der Waals surface area contributed by atoms with Gasteiger partial charge in [0.1, 0.15) is 0 Å². The van der Waals surface area contributed by atoms with Crippen molar-refractivity contribution >= 4 is 25.9 Å². The maximum atomic E-state index is 10.6. The summed E-state index contributed by atoms with van der Waals surface area (Å²) in [5.41, 5.74) is 2.02. The van der Waals surface area contributed by atoms with E-state index in [2.05, 4.69) is 0 Å². The van der Waals surface area contributed by atoms with Crippen LogP contribution in [0.5, 0.6) is 0 Å². The van der Waals surface area contributed by atoms with Crippen molar-refractivity contribution < 1.29 is 85.1 Å². The van der Waals surface area contributed by atoms with Gasteiger partial charge in [-0.2, -0.15) is 0 Å². The molecular formula is C15H23NNa2O6S2. The molecule has 0 aliphatic carbocycles. The predicted octanol–water partition coefficient (Wildman–Crippen LogP) is -4.54. The molecule has 1 rings (SSSR count). The number of nitrogens with zero attached hydrogens (tertiary/aromatic N) is 1. The summed E-state index contributed by atoms with van der Waals surface area (Å²) < 4.78 is 63.8. The van der Waals surface area contributed by atoms with Crippen molar-refractivity contribution in [2.24, 2.45) is 0 Å². The molecule has 0 fully saturated rings. The molecule has 0 aliphatic heterocycles. The Labute approximate surface area is 201 Å². The fourth-order valence-electron chi connectivity index (χ4n) is 2.36. The third-order valence-corrected chi connectivity index (χ3v) is 5.09. The molecule has 0 saturated carbocycles. The van der Waals surface area contributed by atoms with E-state index in [9.17, 15) is 25.9 Å². The average Bonchev–Trinajstić information content (AvgIpc) is 2.43. The Bertz CT molecular complexity index is 685. The number of hydrogen-bond acceptors (Lipinski definition) is 7. The van der Waals surface area contributed by atoms with E-state index in [0.717, 1.165) is 11.3 Å². The fourth-order valence-corrected chi connectivity index (χ4v) is 3.47. The van der Waals surface area contributed by atoms with Gasteiger partial charge >= 0.3 is 59.1 Å². The maximum Gasteiger partial charge on any atom is 1.00 e. The third kappa shape index (κ3) is 14.8. The molecule has 0 unspecified atom stereocenters. The van der Waals surface area contributed by atoms with E-state index in [-0.39, 0.29) is 83.5 Å². The van der Waals surface area contributed by atoms with Gasteiger partial charge in [-0.15, -0.1) is 0 Å². The standard InChI is InChI=1S/C15H25NO6S2.2Na/c1-14-7-6-8-15(13-14)16(9-2-4-11-23(17,18)19)10-3-5-12-24(20,21)22;;/h6-8,13H,2-5,9-12H2,1H3,(H,17,18,19)(H,20,21,22);;/q;2*+1/p-2. The minimum absolute atomic E-state index is 0. The molecular weight excluding hydrogens is 400 g/mol. The zero-order chi connectivity index (χ0) is 18.2. The monoisotopic (exact) mass is 423 g/mol. The predicted molar refractivity (Wildman–Crippen MR) is 91.0 cm³/mol. The number of aryl methyl sites for hydroxylation is 1. The van der Waals surface area contributed by atoms with Gasteiger partial charge in [-0.25, -0.2) is 16.8 Å². The van der Waals surface area contributed by atoms with Crippen LogP contribution in [-0.2, 0) is 20.2 Å². The number of anilines is 1. The molecule has 0 aromatic heterocycles. The molecule has 1 aromatic carbocycles. The van der Waals surface area contributed by atoms with E-state index < -0.39 is 20.2 Å². The van der Waals surface area contributed by atoms with Crippen LogP contribution in [0.15, 0.2) is 24.3 Å². The summed E-state index contributed by atoms with van der Waals surface area (Å²) in [5, 5.41) is 0. The molecule has 0 bridgehead atoms. The van der Waals surface area contributed by atoms with Gasteiger partial charge in [0.25, 0.3) is 0 Å². The van der Waals surface area contributed by atoms with E-state index in [0.29, 0.717) is 25.9 Å². The molecule has 0 heterocycles. The Kier molecular flexibility index (Phi) is 15.6. The Hall–Kier alpha value is 0.840. The minimum atomic E-state index is -4.20. The van der Waals surface area contributed by atoms with E-state index >= 15 is 0 Å².